The molecule has 1 spiro atoms. The summed E-state index contributed by atoms with van der Waals surface area (Å²) < 4.78 is 2.12. The van der Waals surface area contributed by atoms with Crippen LogP contribution in [0.4, 0.5) is 11.6 Å². The first-order valence-electron chi connectivity index (χ1n) is 12.3. The van der Waals surface area contributed by atoms with Crippen LogP contribution in [0.1, 0.15) is 58.5 Å². The number of carbonyl (C=O) groups excluding carboxylic acids is 2. The second-order valence-corrected chi connectivity index (χ2v) is 9.53. The van der Waals surface area contributed by atoms with Crippen LogP contribution in [-0.4, -0.2) is 71.7 Å². The first kappa shape index (κ1) is 23.2. The topological polar surface area (TPSA) is 116 Å². The molecule has 1 saturated carbocycles. The highest BCUT2D eigenvalue weighted by molar-refractivity contribution is 5.99. The molecule has 2 fully saturated rings. The van der Waals surface area contributed by atoms with E-state index in [4.69, 9.17) is 4.99 Å². The number of rotatable bonds is 3. The number of aryl methyl sites for hydroxylation is 1. The van der Waals surface area contributed by atoms with E-state index in [1.165, 1.54) is 6.42 Å². The van der Waals surface area contributed by atoms with E-state index in [0.29, 0.717) is 42.7 Å². The SMILES string of the molecule is C=NC(=Nc1c(C)cc2n1C1(CCCCC1)CNC2=O)Nc1ccc(C(=O)N2CCNCC2)cn1. The third kappa shape index (κ3) is 4.45. The highest BCUT2D eigenvalue weighted by Gasteiger charge is 2.42. The number of nitrogens with one attached hydrogen (secondary N) is 3. The molecule has 0 unspecified atom stereocenters. The van der Waals surface area contributed by atoms with Crippen molar-refractivity contribution in [1.29, 1.82) is 0 Å². The first-order chi connectivity index (χ1) is 17.0. The molecule has 2 aliphatic heterocycles. The van der Waals surface area contributed by atoms with Gasteiger partial charge in [-0.1, -0.05) is 19.3 Å². The van der Waals surface area contributed by atoms with Gasteiger partial charge in [0.15, 0.2) is 0 Å². The van der Waals surface area contributed by atoms with Crippen LogP contribution in [0, 0.1) is 6.92 Å². The minimum Gasteiger partial charge on any atom is -0.348 e. The van der Waals surface area contributed by atoms with Gasteiger partial charge < -0.3 is 25.4 Å². The zero-order valence-electron chi connectivity index (χ0n) is 20.1. The fourth-order valence-corrected chi connectivity index (χ4v) is 5.40. The van der Waals surface area contributed by atoms with Crippen LogP contribution < -0.4 is 16.0 Å². The van der Waals surface area contributed by atoms with E-state index in [2.05, 4.69) is 37.2 Å². The second-order valence-electron chi connectivity index (χ2n) is 9.53. The normalized spacial score (nSPS) is 19.7. The van der Waals surface area contributed by atoms with Crippen molar-refractivity contribution in [3.05, 3.63) is 41.2 Å². The molecule has 2 aromatic rings. The molecule has 2 aromatic heterocycles. The van der Waals surface area contributed by atoms with Crippen LogP contribution in [0.3, 0.4) is 0 Å². The molecule has 35 heavy (non-hydrogen) atoms. The molecule has 0 bridgehead atoms. The minimum absolute atomic E-state index is 0.0206. The number of pyridine rings is 1. The van der Waals surface area contributed by atoms with Gasteiger partial charge in [0, 0.05) is 38.9 Å². The fourth-order valence-electron chi connectivity index (χ4n) is 5.40. The van der Waals surface area contributed by atoms with Gasteiger partial charge in [-0.15, -0.1) is 0 Å². The van der Waals surface area contributed by atoms with Crippen LogP contribution in [-0.2, 0) is 5.54 Å². The Morgan fingerprint density at radius 2 is 1.97 bits per heavy atom. The molecular formula is C25H32N8O2. The number of aliphatic imine (C=N–C) groups is 2. The molecule has 0 aromatic carbocycles. The predicted octanol–water partition coefficient (Wildman–Crippen LogP) is 2.44. The van der Waals surface area contributed by atoms with Gasteiger partial charge in [-0.2, -0.15) is 4.99 Å². The van der Waals surface area contributed by atoms with Crippen molar-refractivity contribution in [2.45, 2.75) is 44.6 Å². The summed E-state index contributed by atoms with van der Waals surface area (Å²) >= 11 is 0. The van der Waals surface area contributed by atoms with Crippen molar-refractivity contribution < 1.29 is 9.59 Å². The predicted molar refractivity (Wildman–Crippen MR) is 136 cm³/mol. The zero-order valence-corrected chi connectivity index (χ0v) is 20.1. The lowest BCUT2D eigenvalue weighted by Crippen LogP contribution is -2.52. The van der Waals surface area contributed by atoms with Crippen molar-refractivity contribution in [1.82, 2.24) is 25.1 Å². The number of guanidine groups is 1. The summed E-state index contributed by atoms with van der Waals surface area (Å²) in [6.45, 7) is 9.24. The average Bonchev–Trinajstić information content (AvgIpc) is 3.24. The van der Waals surface area contributed by atoms with Crippen LogP contribution in [0.15, 0.2) is 34.4 Å². The standard InChI is InChI=1S/C25H32N8O2/c1-17-14-19-22(34)29-16-25(8-4-3-5-9-25)33(19)21(17)31-24(26-2)30-20-7-6-18(15-28-20)23(35)32-12-10-27-11-13-32/h6-7,14-15,27H,2-5,8-13,16H2,1H3,(H,29,34)(H,28,30,31). The number of hydrogen-bond acceptors (Lipinski definition) is 5. The van der Waals surface area contributed by atoms with Crippen LogP contribution in [0.5, 0.6) is 0 Å². The molecule has 3 aliphatic rings. The van der Waals surface area contributed by atoms with E-state index in [-0.39, 0.29) is 17.4 Å². The number of nitrogens with zero attached hydrogens (tertiary/aromatic N) is 5. The lowest BCUT2D eigenvalue weighted by atomic mass is 9.80. The Labute approximate surface area is 204 Å². The Morgan fingerprint density at radius 1 is 1.20 bits per heavy atom. The molecule has 5 rings (SSSR count). The van der Waals surface area contributed by atoms with Crippen LogP contribution in [0.2, 0.25) is 0 Å². The Kier molecular flexibility index (Phi) is 6.38. The molecule has 4 heterocycles. The van der Waals surface area contributed by atoms with Crippen molar-refractivity contribution >= 4 is 36.1 Å². The summed E-state index contributed by atoms with van der Waals surface area (Å²) in [6, 6.07) is 5.40. The number of fused-ring (bicyclic) bond motifs is 2. The summed E-state index contributed by atoms with van der Waals surface area (Å²) in [4.78, 5) is 40.5. The Balaban J connectivity index is 1.40. The third-order valence-electron chi connectivity index (χ3n) is 7.24. The fraction of sp³-hybridized carbons (Fsp3) is 0.480. The summed E-state index contributed by atoms with van der Waals surface area (Å²) in [6.07, 6.45) is 7.05. The molecule has 184 valence electrons. The highest BCUT2D eigenvalue weighted by Crippen LogP contribution is 2.42. The molecule has 3 N–H and O–H groups in total. The second kappa shape index (κ2) is 9.61. The van der Waals surface area contributed by atoms with Crippen LogP contribution >= 0.6 is 0 Å². The molecule has 1 saturated heterocycles. The summed E-state index contributed by atoms with van der Waals surface area (Å²) in [7, 11) is 0. The smallest absolute Gasteiger partial charge is 0.268 e. The van der Waals surface area contributed by atoms with Gasteiger partial charge in [0.05, 0.1) is 11.1 Å². The summed E-state index contributed by atoms with van der Waals surface area (Å²) in [5.41, 5.74) is 1.94. The monoisotopic (exact) mass is 476 g/mol. The maximum atomic E-state index is 12.7. The molecule has 2 amide bonds. The average molecular weight is 477 g/mol. The van der Waals surface area contributed by atoms with E-state index < -0.39 is 0 Å². The zero-order chi connectivity index (χ0) is 24.4. The quantitative estimate of drug-likeness (QED) is 0.465. The van der Waals surface area contributed by atoms with Gasteiger partial charge in [-0.05, 0) is 50.2 Å². The molecule has 10 heteroatoms. The summed E-state index contributed by atoms with van der Waals surface area (Å²) in [5.74, 6) is 1.43. The van der Waals surface area contributed by atoms with E-state index >= 15 is 0 Å². The van der Waals surface area contributed by atoms with Gasteiger partial charge in [0.2, 0.25) is 5.96 Å². The number of aromatic nitrogens is 2. The molecule has 10 nitrogen and oxygen atoms in total. The minimum atomic E-state index is -0.162. The van der Waals surface area contributed by atoms with Crippen molar-refractivity contribution in [2.24, 2.45) is 9.98 Å². The molecular weight excluding hydrogens is 444 g/mol. The van der Waals surface area contributed by atoms with Gasteiger partial charge in [0.1, 0.15) is 17.3 Å². The van der Waals surface area contributed by atoms with E-state index in [9.17, 15) is 9.59 Å². The maximum Gasteiger partial charge on any atom is 0.268 e. The molecule has 0 atom stereocenters. The lowest BCUT2D eigenvalue weighted by molar-refractivity contribution is 0.0735. The maximum absolute atomic E-state index is 12.7. The molecule has 1 aliphatic carbocycles. The van der Waals surface area contributed by atoms with Crippen molar-refractivity contribution in [3.63, 3.8) is 0 Å². The summed E-state index contributed by atoms with van der Waals surface area (Å²) in [5, 5.41) is 9.44. The van der Waals surface area contributed by atoms with E-state index in [1.807, 2.05) is 17.9 Å². The van der Waals surface area contributed by atoms with Gasteiger partial charge in [0.25, 0.3) is 11.8 Å². The first-order valence-corrected chi connectivity index (χ1v) is 12.3. The van der Waals surface area contributed by atoms with Gasteiger partial charge >= 0.3 is 0 Å². The van der Waals surface area contributed by atoms with Crippen molar-refractivity contribution in [3.8, 4) is 0 Å². The Hall–Kier alpha value is -3.53. The number of amides is 2. The number of anilines is 1. The Morgan fingerprint density at radius 3 is 2.66 bits per heavy atom. The largest absolute Gasteiger partial charge is 0.348 e. The third-order valence-corrected chi connectivity index (χ3v) is 7.24. The van der Waals surface area contributed by atoms with Gasteiger partial charge in [-0.3, -0.25) is 9.59 Å². The lowest BCUT2D eigenvalue weighted by Gasteiger charge is -2.43. The Bertz CT molecular complexity index is 1150. The van der Waals surface area contributed by atoms with Gasteiger partial charge in [-0.25, -0.2) is 9.98 Å². The number of carbonyl (C=O) groups is 2. The highest BCUT2D eigenvalue weighted by atomic mass is 16.2. The van der Waals surface area contributed by atoms with E-state index in [0.717, 1.165) is 50.2 Å². The number of hydrogen-bond donors (Lipinski definition) is 3. The molecule has 0 radical (unpaired) electrons. The van der Waals surface area contributed by atoms with Crippen LogP contribution in [0.25, 0.3) is 0 Å². The van der Waals surface area contributed by atoms with Crippen molar-refractivity contribution in [2.75, 3.05) is 38.0 Å². The van der Waals surface area contributed by atoms with E-state index in [1.54, 1.807) is 18.3 Å². The number of piperazine rings is 1.